The summed E-state index contributed by atoms with van der Waals surface area (Å²) in [5, 5.41) is 3.75. The Bertz CT molecular complexity index is 363. The topological polar surface area (TPSA) is 15.3 Å². The van der Waals surface area contributed by atoms with Crippen LogP contribution in [-0.2, 0) is 6.42 Å². The highest BCUT2D eigenvalue weighted by atomic mass is 15.2. The van der Waals surface area contributed by atoms with Crippen molar-refractivity contribution in [3.05, 3.63) is 35.9 Å². The van der Waals surface area contributed by atoms with Gasteiger partial charge in [-0.05, 0) is 50.8 Å². The fourth-order valence-electron chi connectivity index (χ4n) is 3.37. The van der Waals surface area contributed by atoms with E-state index in [9.17, 15) is 0 Å². The Morgan fingerprint density at radius 1 is 1.06 bits per heavy atom. The Balaban J connectivity index is 1.43. The first-order valence-electron chi connectivity index (χ1n) is 7.42. The van der Waals surface area contributed by atoms with Crippen LogP contribution in [0.5, 0.6) is 0 Å². The Hall–Kier alpha value is -0.860. The summed E-state index contributed by atoms with van der Waals surface area (Å²) in [6.07, 6.45) is 6.66. The number of hydrogen-bond donors (Lipinski definition) is 1. The second-order valence-electron chi connectivity index (χ2n) is 5.82. The van der Waals surface area contributed by atoms with Gasteiger partial charge in [-0.1, -0.05) is 30.3 Å². The molecule has 2 heterocycles. The summed E-state index contributed by atoms with van der Waals surface area (Å²) in [7, 11) is 0. The van der Waals surface area contributed by atoms with Crippen molar-refractivity contribution in [3.8, 4) is 0 Å². The molecule has 2 atom stereocenters. The van der Waals surface area contributed by atoms with Crippen LogP contribution in [0.4, 0.5) is 0 Å². The van der Waals surface area contributed by atoms with Crippen molar-refractivity contribution in [1.82, 2.24) is 10.2 Å². The molecule has 2 aliphatic rings. The van der Waals surface area contributed by atoms with Crippen molar-refractivity contribution < 1.29 is 0 Å². The molecule has 2 nitrogen and oxygen atoms in total. The van der Waals surface area contributed by atoms with Gasteiger partial charge in [0.1, 0.15) is 0 Å². The van der Waals surface area contributed by atoms with E-state index in [4.69, 9.17) is 0 Å². The van der Waals surface area contributed by atoms with Crippen LogP contribution in [0.25, 0.3) is 0 Å². The molecule has 2 heteroatoms. The highest BCUT2D eigenvalue weighted by molar-refractivity contribution is 5.14. The minimum Gasteiger partial charge on any atom is -0.310 e. The van der Waals surface area contributed by atoms with Gasteiger partial charge in [0, 0.05) is 18.6 Å². The van der Waals surface area contributed by atoms with Gasteiger partial charge in [0.25, 0.3) is 0 Å². The summed E-state index contributed by atoms with van der Waals surface area (Å²) < 4.78 is 0. The molecule has 1 N–H and O–H groups in total. The lowest BCUT2D eigenvalue weighted by molar-refractivity contribution is 0.256. The smallest absolute Gasteiger partial charge is 0.0198 e. The van der Waals surface area contributed by atoms with E-state index in [0.717, 1.165) is 12.1 Å². The molecule has 2 unspecified atom stereocenters. The number of benzene rings is 1. The fraction of sp³-hybridized carbons (Fsp3) is 0.625. The predicted molar refractivity (Wildman–Crippen MR) is 75.8 cm³/mol. The second kappa shape index (κ2) is 5.85. The number of nitrogens with zero attached hydrogens (tertiary/aromatic N) is 1. The van der Waals surface area contributed by atoms with Gasteiger partial charge in [0.2, 0.25) is 0 Å². The molecular formula is C16H24N2. The Kier molecular flexibility index (Phi) is 3.96. The first-order chi connectivity index (χ1) is 8.90. The van der Waals surface area contributed by atoms with Gasteiger partial charge in [-0.15, -0.1) is 0 Å². The fourth-order valence-corrected chi connectivity index (χ4v) is 3.37. The van der Waals surface area contributed by atoms with Crippen molar-refractivity contribution in [3.63, 3.8) is 0 Å². The highest BCUT2D eigenvalue weighted by Crippen LogP contribution is 2.20. The van der Waals surface area contributed by atoms with Crippen molar-refractivity contribution in [1.29, 1.82) is 0 Å². The average Bonchev–Trinajstić information content (AvgIpc) is 2.73. The molecule has 2 saturated heterocycles. The zero-order valence-electron chi connectivity index (χ0n) is 11.1. The quantitative estimate of drug-likeness (QED) is 0.875. The molecule has 0 spiro atoms. The van der Waals surface area contributed by atoms with E-state index in [-0.39, 0.29) is 0 Å². The van der Waals surface area contributed by atoms with E-state index in [0.29, 0.717) is 0 Å². The molecule has 2 fully saturated rings. The van der Waals surface area contributed by atoms with Crippen molar-refractivity contribution in [2.45, 2.75) is 44.2 Å². The van der Waals surface area contributed by atoms with Gasteiger partial charge in [-0.3, -0.25) is 0 Å². The summed E-state index contributed by atoms with van der Waals surface area (Å²) in [6, 6.07) is 12.5. The van der Waals surface area contributed by atoms with Crippen molar-refractivity contribution >= 4 is 0 Å². The van der Waals surface area contributed by atoms with Gasteiger partial charge >= 0.3 is 0 Å². The summed E-state index contributed by atoms with van der Waals surface area (Å²) in [5.74, 6) is 0. The summed E-state index contributed by atoms with van der Waals surface area (Å²) >= 11 is 0. The number of fused-ring (bicyclic) bond motifs is 2. The van der Waals surface area contributed by atoms with E-state index in [1.807, 2.05) is 0 Å². The zero-order chi connectivity index (χ0) is 12.2. The van der Waals surface area contributed by atoms with Gasteiger partial charge in [-0.25, -0.2) is 0 Å². The van der Waals surface area contributed by atoms with E-state index >= 15 is 0 Å². The molecule has 1 aromatic rings. The maximum atomic E-state index is 3.75. The molecule has 18 heavy (non-hydrogen) atoms. The second-order valence-corrected chi connectivity index (χ2v) is 5.82. The van der Waals surface area contributed by atoms with Crippen molar-refractivity contribution in [2.75, 3.05) is 19.6 Å². The van der Waals surface area contributed by atoms with E-state index in [1.165, 1.54) is 57.3 Å². The number of aryl methyl sites for hydroxylation is 1. The molecule has 2 bridgehead atoms. The SMILES string of the molecule is c1ccc(CCCN2CCC3CCC(C2)N3)cc1. The molecule has 0 saturated carbocycles. The normalized spacial score (nSPS) is 28.2. The molecule has 3 rings (SSSR count). The summed E-state index contributed by atoms with van der Waals surface area (Å²) in [6.45, 7) is 3.83. The van der Waals surface area contributed by atoms with Crippen LogP contribution in [0, 0.1) is 0 Å². The molecule has 0 amide bonds. The van der Waals surface area contributed by atoms with Crippen molar-refractivity contribution in [2.24, 2.45) is 0 Å². The first-order valence-corrected chi connectivity index (χ1v) is 7.42. The largest absolute Gasteiger partial charge is 0.310 e. The number of hydrogen-bond acceptors (Lipinski definition) is 2. The third-order valence-electron chi connectivity index (χ3n) is 4.39. The molecule has 98 valence electrons. The van der Waals surface area contributed by atoms with Crippen LogP contribution < -0.4 is 5.32 Å². The number of likely N-dealkylation sites (tertiary alicyclic amines) is 1. The maximum absolute atomic E-state index is 3.75. The number of rotatable bonds is 4. The molecular weight excluding hydrogens is 220 g/mol. The lowest BCUT2D eigenvalue weighted by Gasteiger charge is -2.23. The Morgan fingerprint density at radius 2 is 1.89 bits per heavy atom. The minimum atomic E-state index is 0.772. The molecule has 0 aliphatic carbocycles. The van der Waals surface area contributed by atoms with Crippen LogP contribution >= 0.6 is 0 Å². The van der Waals surface area contributed by atoms with Crippen LogP contribution in [-0.4, -0.2) is 36.6 Å². The Labute approximate surface area is 110 Å². The molecule has 0 aromatic heterocycles. The lowest BCUT2D eigenvalue weighted by Crippen LogP contribution is -2.35. The third kappa shape index (κ3) is 3.12. The van der Waals surface area contributed by atoms with Crippen LogP contribution in [0.1, 0.15) is 31.2 Å². The lowest BCUT2D eigenvalue weighted by atomic mass is 10.1. The Morgan fingerprint density at radius 3 is 2.78 bits per heavy atom. The summed E-state index contributed by atoms with van der Waals surface area (Å²) in [4.78, 5) is 2.67. The van der Waals surface area contributed by atoms with Crippen LogP contribution in [0.2, 0.25) is 0 Å². The van der Waals surface area contributed by atoms with Crippen LogP contribution in [0.15, 0.2) is 30.3 Å². The van der Waals surface area contributed by atoms with E-state index in [2.05, 4.69) is 40.5 Å². The summed E-state index contributed by atoms with van der Waals surface area (Å²) in [5.41, 5.74) is 1.48. The average molecular weight is 244 g/mol. The van der Waals surface area contributed by atoms with E-state index < -0.39 is 0 Å². The molecule has 2 aliphatic heterocycles. The monoisotopic (exact) mass is 244 g/mol. The maximum Gasteiger partial charge on any atom is 0.0198 e. The molecule has 1 aromatic carbocycles. The predicted octanol–water partition coefficient (Wildman–Crippen LogP) is 2.45. The van der Waals surface area contributed by atoms with Gasteiger partial charge in [0.15, 0.2) is 0 Å². The standard InChI is InChI=1S/C16H24N2/c1-2-5-14(6-3-1)7-4-11-18-12-10-15-8-9-16(13-18)17-15/h1-3,5-6,15-17H,4,7-13H2. The highest BCUT2D eigenvalue weighted by Gasteiger charge is 2.28. The van der Waals surface area contributed by atoms with E-state index in [1.54, 1.807) is 0 Å². The molecule has 0 radical (unpaired) electrons. The van der Waals surface area contributed by atoms with Crippen LogP contribution in [0.3, 0.4) is 0 Å². The van der Waals surface area contributed by atoms with Gasteiger partial charge in [-0.2, -0.15) is 0 Å². The van der Waals surface area contributed by atoms with Gasteiger partial charge in [0.05, 0.1) is 0 Å². The zero-order valence-corrected chi connectivity index (χ0v) is 11.1. The van der Waals surface area contributed by atoms with Gasteiger partial charge < -0.3 is 10.2 Å². The first kappa shape index (κ1) is 12.2. The number of nitrogens with one attached hydrogen (secondary N) is 1. The minimum absolute atomic E-state index is 0.772. The third-order valence-corrected chi connectivity index (χ3v) is 4.39.